The summed E-state index contributed by atoms with van der Waals surface area (Å²) in [5.74, 6) is -1.21. The molecule has 2 aliphatic heterocycles. The van der Waals surface area contributed by atoms with Gasteiger partial charge in [0.15, 0.2) is 17.3 Å². The van der Waals surface area contributed by atoms with Crippen molar-refractivity contribution < 1.29 is 28.9 Å². The first-order chi connectivity index (χ1) is 18.3. The van der Waals surface area contributed by atoms with E-state index in [4.69, 9.17) is 13.9 Å². The number of likely N-dealkylation sites (tertiary alicyclic amines) is 1. The Morgan fingerprint density at radius 3 is 2.66 bits per heavy atom. The third kappa shape index (κ3) is 4.91. The van der Waals surface area contributed by atoms with E-state index < -0.39 is 23.1 Å². The fraction of sp³-hybridized carbons (Fsp3) is 0.393. The number of pyridine rings is 1. The quantitative estimate of drug-likeness (QED) is 0.449. The number of benzene rings is 1. The van der Waals surface area contributed by atoms with Gasteiger partial charge in [-0.2, -0.15) is 0 Å². The molecule has 10 nitrogen and oxygen atoms in total. The molecule has 4 heterocycles. The number of carbonyl (C=O) groups excluding carboxylic acids is 1. The molecule has 3 aromatic rings. The Morgan fingerprint density at radius 1 is 1.11 bits per heavy atom. The first-order valence-corrected chi connectivity index (χ1v) is 12.5. The Labute approximate surface area is 218 Å². The molecule has 2 N–H and O–H groups in total. The van der Waals surface area contributed by atoms with Crippen LogP contribution in [0.4, 0.5) is 0 Å². The molecule has 1 saturated heterocycles. The van der Waals surface area contributed by atoms with E-state index in [-0.39, 0.29) is 35.2 Å². The number of aromatic nitrogens is 1. The number of hydrogen-bond acceptors (Lipinski definition) is 9. The highest BCUT2D eigenvalue weighted by Gasteiger charge is 2.35. The van der Waals surface area contributed by atoms with E-state index in [2.05, 4.69) is 4.90 Å². The third-order valence-electron chi connectivity index (χ3n) is 7.45. The zero-order valence-electron chi connectivity index (χ0n) is 21.3. The van der Waals surface area contributed by atoms with Crippen LogP contribution in [0.3, 0.4) is 0 Å². The summed E-state index contributed by atoms with van der Waals surface area (Å²) < 4.78 is 17.9. The van der Waals surface area contributed by atoms with Crippen molar-refractivity contribution in [2.24, 2.45) is 5.92 Å². The van der Waals surface area contributed by atoms with Crippen LogP contribution in [0.15, 0.2) is 56.5 Å². The van der Waals surface area contributed by atoms with Crippen LogP contribution in [0.1, 0.15) is 47.5 Å². The second kappa shape index (κ2) is 10.4. The van der Waals surface area contributed by atoms with Gasteiger partial charge in [-0.25, -0.2) is 0 Å². The largest absolute Gasteiger partial charge is 0.504 e. The Balaban J connectivity index is 1.46. The van der Waals surface area contributed by atoms with Crippen LogP contribution in [-0.2, 0) is 22.6 Å². The lowest BCUT2D eigenvalue weighted by Crippen LogP contribution is -2.46. The van der Waals surface area contributed by atoms with Crippen LogP contribution >= 0.6 is 0 Å². The SMILES string of the molecule is COC(=O)C[C@@H](c1ccc(OC)c(O)c1)c1oc(CN2C[C@@H]3C[C@H](C2)c2cccc(=O)n2C3)cc(=O)c1O. The molecular formula is C28H30N2O8. The molecule has 0 spiro atoms. The van der Waals surface area contributed by atoms with Crippen molar-refractivity contribution >= 4 is 5.97 Å². The monoisotopic (exact) mass is 522 g/mol. The number of ether oxygens (including phenoxy) is 2. The number of carbonyl (C=O) groups is 1. The lowest BCUT2D eigenvalue weighted by Gasteiger charge is -2.42. The number of fused-ring (bicyclic) bond motifs is 4. The van der Waals surface area contributed by atoms with E-state index >= 15 is 0 Å². The number of methoxy groups -OCH3 is 2. The number of esters is 1. The smallest absolute Gasteiger partial charge is 0.306 e. The molecule has 0 amide bonds. The molecule has 0 saturated carbocycles. The molecular weight excluding hydrogens is 492 g/mol. The Morgan fingerprint density at radius 2 is 1.92 bits per heavy atom. The summed E-state index contributed by atoms with van der Waals surface area (Å²) in [5, 5.41) is 21.0. The van der Waals surface area contributed by atoms with Gasteiger partial charge in [0.05, 0.1) is 33.1 Å². The summed E-state index contributed by atoms with van der Waals surface area (Å²) in [6, 6.07) is 11.2. The highest BCUT2D eigenvalue weighted by Crippen LogP contribution is 2.38. The van der Waals surface area contributed by atoms with Crippen LogP contribution in [0.25, 0.3) is 0 Å². The van der Waals surface area contributed by atoms with Crippen LogP contribution in [-0.4, -0.2) is 53.0 Å². The van der Waals surface area contributed by atoms with Crippen LogP contribution in [0, 0.1) is 5.92 Å². The summed E-state index contributed by atoms with van der Waals surface area (Å²) in [4.78, 5) is 39.6. The molecule has 0 unspecified atom stereocenters. The van der Waals surface area contributed by atoms with Crippen molar-refractivity contribution in [2.75, 3.05) is 27.3 Å². The number of phenols is 1. The second-order valence-corrected chi connectivity index (χ2v) is 9.95. The van der Waals surface area contributed by atoms with Crippen molar-refractivity contribution in [1.29, 1.82) is 0 Å². The molecule has 1 aromatic carbocycles. The summed E-state index contributed by atoms with van der Waals surface area (Å²) in [5.41, 5.74) is 0.853. The van der Waals surface area contributed by atoms with Gasteiger partial charge in [-0.3, -0.25) is 19.3 Å². The average Bonchev–Trinajstić information content (AvgIpc) is 2.90. The zero-order chi connectivity index (χ0) is 27.0. The van der Waals surface area contributed by atoms with Crippen molar-refractivity contribution in [3.05, 3.63) is 85.8 Å². The average molecular weight is 523 g/mol. The Bertz CT molecular complexity index is 1480. The number of rotatable bonds is 7. The summed E-state index contributed by atoms with van der Waals surface area (Å²) >= 11 is 0. The van der Waals surface area contributed by atoms with Crippen molar-refractivity contribution in [2.45, 2.75) is 37.8 Å². The van der Waals surface area contributed by atoms with Crippen molar-refractivity contribution in [3.63, 3.8) is 0 Å². The maximum Gasteiger partial charge on any atom is 0.306 e. The first kappa shape index (κ1) is 25.6. The lowest BCUT2D eigenvalue weighted by atomic mass is 9.83. The Kier molecular flexibility index (Phi) is 6.98. The minimum Gasteiger partial charge on any atom is -0.504 e. The van der Waals surface area contributed by atoms with Gasteiger partial charge in [-0.05, 0) is 36.1 Å². The highest BCUT2D eigenvalue weighted by molar-refractivity contribution is 5.71. The van der Waals surface area contributed by atoms with E-state index in [1.165, 1.54) is 32.4 Å². The number of piperidine rings is 1. The predicted octanol–water partition coefficient (Wildman–Crippen LogP) is 2.54. The van der Waals surface area contributed by atoms with Gasteiger partial charge in [-0.15, -0.1) is 0 Å². The number of aromatic hydroxyl groups is 2. The predicted molar refractivity (Wildman–Crippen MR) is 137 cm³/mol. The molecule has 38 heavy (non-hydrogen) atoms. The maximum absolute atomic E-state index is 12.8. The number of phenolic OH excluding ortho intramolecular Hbond substituents is 1. The van der Waals surface area contributed by atoms with Gasteiger partial charge >= 0.3 is 5.97 Å². The van der Waals surface area contributed by atoms with E-state index in [1.54, 1.807) is 18.2 Å². The van der Waals surface area contributed by atoms with E-state index in [0.29, 0.717) is 36.9 Å². The molecule has 5 rings (SSSR count). The summed E-state index contributed by atoms with van der Waals surface area (Å²) in [6.45, 7) is 2.40. The third-order valence-corrected chi connectivity index (χ3v) is 7.45. The first-order valence-electron chi connectivity index (χ1n) is 12.5. The molecule has 2 aromatic heterocycles. The van der Waals surface area contributed by atoms with Gasteiger partial charge in [0.1, 0.15) is 5.76 Å². The standard InChI is InChI=1S/C28H30N2O8/c1-36-24-7-6-17(9-22(24)31)20(11-26(34)37-2)28-27(35)23(32)10-19(38-28)15-29-12-16-8-18(14-29)21-4-3-5-25(33)30(21)13-16/h3-7,9-10,16,18,20,31,35H,8,11-15H2,1-2H3/t16-,18+,20-/m0/s1. The fourth-order valence-corrected chi connectivity index (χ4v) is 5.75. The van der Waals surface area contributed by atoms with Gasteiger partial charge in [0.2, 0.25) is 11.2 Å². The van der Waals surface area contributed by atoms with Crippen molar-refractivity contribution in [1.82, 2.24) is 9.47 Å². The minimum absolute atomic E-state index is 0.0149. The summed E-state index contributed by atoms with van der Waals surface area (Å²) in [6.07, 6.45) is 0.772. The maximum atomic E-state index is 12.8. The van der Waals surface area contributed by atoms with Gasteiger partial charge in [-0.1, -0.05) is 12.1 Å². The molecule has 1 fully saturated rings. The van der Waals surface area contributed by atoms with E-state index in [0.717, 1.165) is 18.7 Å². The zero-order valence-corrected chi connectivity index (χ0v) is 21.3. The molecule has 0 aliphatic carbocycles. The van der Waals surface area contributed by atoms with Crippen LogP contribution in [0.5, 0.6) is 17.2 Å². The summed E-state index contributed by atoms with van der Waals surface area (Å²) in [7, 11) is 2.66. The topological polar surface area (TPSA) is 131 Å². The Hall–Kier alpha value is -4.05. The van der Waals surface area contributed by atoms with E-state index in [9.17, 15) is 24.6 Å². The van der Waals surface area contributed by atoms with Crippen LogP contribution in [0.2, 0.25) is 0 Å². The molecule has 200 valence electrons. The highest BCUT2D eigenvalue weighted by atomic mass is 16.5. The second-order valence-electron chi connectivity index (χ2n) is 9.95. The molecule has 3 atom stereocenters. The molecule has 2 aliphatic rings. The van der Waals surface area contributed by atoms with Gasteiger partial charge in [0, 0.05) is 43.4 Å². The van der Waals surface area contributed by atoms with E-state index in [1.807, 2.05) is 10.6 Å². The molecule has 2 bridgehead atoms. The lowest BCUT2D eigenvalue weighted by molar-refractivity contribution is -0.140. The molecule has 0 radical (unpaired) electrons. The van der Waals surface area contributed by atoms with Crippen molar-refractivity contribution in [3.8, 4) is 17.2 Å². The normalized spacial score (nSPS) is 19.4. The molecule has 10 heteroatoms. The number of hydrogen-bond donors (Lipinski definition) is 2. The van der Waals surface area contributed by atoms with Gasteiger partial charge < -0.3 is 28.7 Å². The van der Waals surface area contributed by atoms with Gasteiger partial charge in [0.25, 0.3) is 5.56 Å². The fourth-order valence-electron chi connectivity index (χ4n) is 5.75. The van der Waals surface area contributed by atoms with Crippen LogP contribution < -0.4 is 15.7 Å². The minimum atomic E-state index is -0.883. The number of nitrogens with zero attached hydrogens (tertiary/aromatic N) is 2.